The Bertz CT molecular complexity index is 762. The lowest BCUT2D eigenvalue weighted by Crippen LogP contribution is -2.40. The molecule has 1 aliphatic rings. The molecule has 0 saturated carbocycles. The van der Waals surface area contributed by atoms with E-state index in [0.717, 1.165) is 18.5 Å². The number of hydrogen-bond acceptors (Lipinski definition) is 4. The fourth-order valence-electron chi connectivity index (χ4n) is 3.15. The van der Waals surface area contributed by atoms with Crippen LogP contribution in [-0.4, -0.2) is 29.7 Å². The van der Waals surface area contributed by atoms with Crippen molar-refractivity contribution in [2.45, 2.75) is 38.8 Å². The summed E-state index contributed by atoms with van der Waals surface area (Å²) in [7, 11) is 1.42. The van der Waals surface area contributed by atoms with Crippen molar-refractivity contribution in [2.24, 2.45) is 0 Å². The lowest BCUT2D eigenvalue weighted by molar-refractivity contribution is 0.179. The molecule has 134 valence electrons. The summed E-state index contributed by atoms with van der Waals surface area (Å²) in [6, 6.07) is 5.91. The second-order valence-electron chi connectivity index (χ2n) is 6.29. The number of halogens is 1. The van der Waals surface area contributed by atoms with Gasteiger partial charge in [0.1, 0.15) is 0 Å². The van der Waals surface area contributed by atoms with Crippen LogP contribution >= 0.6 is 0 Å². The third-order valence-corrected chi connectivity index (χ3v) is 4.50. The number of nitrogens with zero attached hydrogens (tertiary/aromatic N) is 2. The van der Waals surface area contributed by atoms with Gasteiger partial charge >= 0.3 is 6.03 Å². The molecule has 1 aromatic carbocycles. The van der Waals surface area contributed by atoms with Gasteiger partial charge in [-0.1, -0.05) is 11.2 Å². The van der Waals surface area contributed by atoms with Crippen molar-refractivity contribution in [3.8, 4) is 5.75 Å². The van der Waals surface area contributed by atoms with Crippen molar-refractivity contribution in [2.75, 3.05) is 13.7 Å². The van der Waals surface area contributed by atoms with Gasteiger partial charge in [0.15, 0.2) is 17.3 Å². The van der Waals surface area contributed by atoms with Crippen LogP contribution in [0.2, 0.25) is 0 Å². The molecule has 0 aliphatic carbocycles. The number of methoxy groups -OCH3 is 1. The van der Waals surface area contributed by atoms with Crippen LogP contribution in [0.15, 0.2) is 28.8 Å². The molecule has 1 saturated heterocycles. The molecule has 3 rings (SSSR count). The molecular formula is C18H22FN3O3. The summed E-state index contributed by atoms with van der Waals surface area (Å²) in [6.07, 6.45) is 1.75. The molecule has 1 fully saturated rings. The van der Waals surface area contributed by atoms with Gasteiger partial charge in [-0.15, -0.1) is 0 Å². The molecule has 2 heterocycles. The Hall–Kier alpha value is -2.57. The summed E-state index contributed by atoms with van der Waals surface area (Å²) in [5.41, 5.74) is 1.47. The van der Waals surface area contributed by atoms with Gasteiger partial charge in [-0.2, -0.15) is 0 Å². The Morgan fingerprint density at radius 3 is 2.92 bits per heavy atom. The molecule has 2 atom stereocenters. The number of benzene rings is 1. The third-order valence-electron chi connectivity index (χ3n) is 4.50. The highest BCUT2D eigenvalue weighted by molar-refractivity contribution is 5.75. The van der Waals surface area contributed by atoms with Crippen molar-refractivity contribution >= 4 is 6.03 Å². The van der Waals surface area contributed by atoms with E-state index in [-0.39, 0.29) is 23.9 Å². The average Bonchev–Trinajstić information content (AvgIpc) is 3.23. The lowest BCUT2D eigenvalue weighted by atomic mass is 10.1. The van der Waals surface area contributed by atoms with Gasteiger partial charge in [0.2, 0.25) is 0 Å². The number of nitrogens with one attached hydrogen (secondary N) is 1. The normalized spacial score (nSPS) is 18.2. The summed E-state index contributed by atoms with van der Waals surface area (Å²) < 4.78 is 24.1. The maximum Gasteiger partial charge on any atom is 0.318 e. The zero-order valence-electron chi connectivity index (χ0n) is 14.6. The highest BCUT2D eigenvalue weighted by Crippen LogP contribution is 2.32. The number of aromatic nitrogens is 1. The summed E-state index contributed by atoms with van der Waals surface area (Å²) in [4.78, 5) is 14.4. The van der Waals surface area contributed by atoms with Crippen molar-refractivity contribution in [1.82, 2.24) is 15.4 Å². The summed E-state index contributed by atoms with van der Waals surface area (Å²) in [6.45, 7) is 4.33. The second-order valence-corrected chi connectivity index (χ2v) is 6.29. The van der Waals surface area contributed by atoms with Crippen LogP contribution in [0.3, 0.4) is 0 Å². The number of urea groups is 1. The first-order chi connectivity index (χ1) is 12.0. The lowest BCUT2D eigenvalue weighted by Gasteiger charge is -2.25. The summed E-state index contributed by atoms with van der Waals surface area (Å²) >= 11 is 0. The number of carbonyl (C=O) groups excluding carboxylic acids is 1. The summed E-state index contributed by atoms with van der Waals surface area (Å²) in [5.74, 6) is 0.438. The van der Waals surface area contributed by atoms with E-state index in [1.165, 1.54) is 13.2 Å². The van der Waals surface area contributed by atoms with Gasteiger partial charge in [0.25, 0.3) is 0 Å². The van der Waals surface area contributed by atoms with Crippen molar-refractivity contribution in [3.63, 3.8) is 0 Å². The van der Waals surface area contributed by atoms with Gasteiger partial charge in [-0.25, -0.2) is 9.18 Å². The molecule has 1 aliphatic heterocycles. The van der Waals surface area contributed by atoms with E-state index in [9.17, 15) is 9.18 Å². The molecule has 7 heteroatoms. The predicted molar refractivity (Wildman–Crippen MR) is 89.8 cm³/mol. The van der Waals surface area contributed by atoms with E-state index in [1.807, 2.05) is 19.9 Å². The topological polar surface area (TPSA) is 67.6 Å². The Morgan fingerprint density at radius 2 is 2.28 bits per heavy atom. The number of likely N-dealkylation sites (tertiary alicyclic amines) is 1. The molecule has 2 aromatic rings. The van der Waals surface area contributed by atoms with E-state index in [4.69, 9.17) is 9.26 Å². The molecule has 2 amide bonds. The monoisotopic (exact) mass is 347 g/mol. The second kappa shape index (κ2) is 7.13. The van der Waals surface area contributed by atoms with Crippen LogP contribution in [0.4, 0.5) is 9.18 Å². The third kappa shape index (κ3) is 3.60. The first-order valence-electron chi connectivity index (χ1n) is 8.33. The number of carbonyl (C=O) groups is 1. The number of aryl methyl sites for hydroxylation is 1. The van der Waals surface area contributed by atoms with Gasteiger partial charge in [-0.3, -0.25) is 0 Å². The van der Waals surface area contributed by atoms with Gasteiger partial charge in [0, 0.05) is 12.6 Å². The van der Waals surface area contributed by atoms with Crippen molar-refractivity contribution in [3.05, 3.63) is 47.1 Å². The van der Waals surface area contributed by atoms with E-state index in [0.29, 0.717) is 17.9 Å². The molecule has 1 N–H and O–H groups in total. The quantitative estimate of drug-likeness (QED) is 0.915. The summed E-state index contributed by atoms with van der Waals surface area (Å²) in [5, 5.41) is 6.83. The van der Waals surface area contributed by atoms with E-state index in [1.54, 1.807) is 17.0 Å². The molecular weight excluding hydrogens is 325 g/mol. The van der Waals surface area contributed by atoms with Crippen LogP contribution < -0.4 is 10.1 Å². The first-order valence-corrected chi connectivity index (χ1v) is 8.33. The Morgan fingerprint density at radius 1 is 1.48 bits per heavy atom. The molecule has 0 unspecified atom stereocenters. The smallest absolute Gasteiger partial charge is 0.318 e. The predicted octanol–water partition coefficient (Wildman–Crippen LogP) is 3.74. The Balaban J connectivity index is 1.69. The highest BCUT2D eigenvalue weighted by Gasteiger charge is 2.33. The van der Waals surface area contributed by atoms with E-state index < -0.39 is 5.82 Å². The highest BCUT2D eigenvalue weighted by atomic mass is 19.1. The zero-order valence-corrected chi connectivity index (χ0v) is 14.6. The van der Waals surface area contributed by atoms with Crippen LogP contribution in [0.1, 0.15) is 48.9 Å². The SMILES string of the molecule is COc1ccc([C@H](C)NC(=O)N2CCC[C@H]2c2cc(C)no2)cc1F. The van der Waals surface area contributed by atoms with Crippen LogP contribution in [0.5, 0.6) is 5.75 Å². The molecule has 25 heavy (non-hydrogen) atoms. The minimum atomic E-state index is -0.447. The van der Waals surface area contributed by atoms with Gasteiger partial charge in [-0.05, 0) is 44.4 Å². The van der Waals surface area contributed by atoms with E-state index >= 15 is 0 Å². The maximum absolute atomic E-state index is 13.9. The molecule has 0 radical (unpaired) electrons. The average molecular weight is 347 g/mol. The molecule has 1 aromatic heterocycles. The molecule has 0 spiro atoms. The number of ether oxygens (including phenoxy) is 1. The van der Waals surface area contributed by atoms with Crippen LogP contribution in [0.25, 0.3) is 0 Å². The van der Waals surface area contributed by atoms with Gasteiger partial charge in [0.05, 0.1) is 24.9 Å². The maximum atomic E-state index is 13.9. The Kier molecular flexibility index (Phi) is 4.92. The minimum Gasteiger partial charge on any atom is -0.494 e. The Labute approximate surface area is 145 Å². The van der Waals surface area contributed by atoms with E-state index in [2.05, 4.69) is 10.5 Å². The molecule has 0 bridgehead atoms. The fourth-order valence-corrected chi connectivity index (χ4v) is 3.15. The molecule has 6 nitrogen and oxygen atoms in total. The van der Waals surface area contributed by atoms with Crippen molar-refractivity contribution in [1.29, 1.82) is 0 Å². The number of amides is 2. The van der Waals surface area contributed by atoms with Crippen LogP contribution in [0, 0.1) is 12.7 Å². The number of hydrogen-bond donors (Lipinski definition) is 1. The van der Waals surface area contributed by atoms with Crippen molar-refractivity contribution < 1.29 is 18.4 Å². The zero-order chi connectivity index (χ0) is 18.0. The van der Waals surface area contributed by atoms with Crippen LogP contribution in [-0.2, 0) is 0 Å². The minimum absolute atomic E-state index is 0.110. The standard InChI is InChI=1S/C18H22FN3O3/c1-11-9-17(25-21-11)15-5-4-8-22(15)18(23)20-12(2)13-6-7-16(24-3)14(19)10-13/h6-7,9-10,12,15H,4-5,8H2,1-3H3,(H,20,23)/t12-,15-/m0/s1. The largest absolute Gasteiger partial charge is 0.494 e. The fraction of sp³-hybridized carbons (Fsp3) is 0.444. The first kappa shape index (κ1) is 17.3. The number of rotatable bonds is 4. The van der Waals surface area contributed by atoms with Gasteiger partial charge < -0.3 is 19.5 Å².